The second kappa shape index (κ2) is 10.9. The third kappa shape index (κ3) is 8.19. The number of hydrogen-bond donors (Lipinski definition) is 5. The van der Waals surface area contributed by atoms with E-state index in [0.29, 0.717) is 5.56 Å². The molecule has 1 aromatic heterocycles. The number of nitrogens with zero attached hydrogens (tertiary/aromatic N) is 2. The van der Waals surface area contributed by atoms with Crippen molar-refractivity contribution >= 4 is 45.4 Å². The molecule has 0 fully saturated rings. The Balaban J connectivity index is 2.12. The van der Waals surface area contributed by atoms with Gasteiger partial charge in [0.05, 0.1) is 36.5 Å². The van der Waals surface area contributed by atoms with Crippen LogP contribution in [-0.2, 0) is 15.0 Å². The number of carbonyl (C=O) groups excluding carboxylic acids is 2. The first kappa shape index (κ1) is 25.8. The lowest BCUT2D eigenvalue weighted by Crippen LogP contribution is -2.39. The molecule has 0 bridgehead atoms. The van der Waals surface area contributed by atoms with Crippen molar-refractivity contribution in [3.63, 3.8) is 0 Å². The molecule has 0 saturated carbocycles. The number of carbonyl (C=O) groups is 3. The lowest BCUT2D eigenvalue weighted by Gasteiger charge is -2.24. The summed E-state index contributed by atoms with van der Waals surface area (Å²) < 4.78 is 0.774. The first-order valence-electron chi connectivity index (χ1n) is 10.00. The van der Waals surface area contributed by atoms with Gasteiger partial charge < -0.3 is 27.2 Å². The molecule has 0 aliphatic carbocycles. The Bertz CT molecular complexity index is 1080. The highest BCUT2D eigenvalue weighted by Gasteiger charge is 2.22. The van der Waals surface area contributed by atoms with Crippen LogP contribution in [0.4, 0.5) is 5.69 Å². The Morgan fingerprint density at radius 1 is 1.15 bits per heavy atom. The molecule has 1 aromatic carbocycles. The van der Waals surface area contributed by atoms with Crippen LogP contribution in [0.3, 0.4) is 0 Å². The number of aromatic nitrogens is 1. The molecule has 0 radical (unpaired) electrons. The number of carboxylic acids is 1. The van der Waals surface area contributed by atoms with Crippen LogP contribution in [0.2, 0.25) is 0 Å². The third-order valence-electron chi connectivity index (χ3n) is 4.56. The van der Waals surface area contributed by atoms with Gasteiger partial charge in [0.1, 0.15) is 0 Å². The SMILES string of the molecule is CC(C)(C)c1cc(Br)cc([C@H](CC(=O)O)NC(=O)CNC(=O)c2cncc(N=C(N)N)c2)c1. The number of amides is 2. The monoisotopic (exact) mass is 518 g/mol. The normalized spacial score (nSPS) is 11.9. The summed E-state index contributed by atoms with van der Waals surface area (Å²) in [7, 11) is 0. The van der Waals surface area contributed by atoms with Crippen molar-refractivity contribution in [1.29, 1.82) is 0 Å². The summed E-state index contributed by atoms with van der Waals surface area (Å²) in [5.74, 6) is -2.35. The number of aliphatic carboxylic acids is 1. The summed E-state index contributed by atoms with van der Waals surface area (Å²) in [6.07, 6.45) is 2.37. The van der Waals surface area contributed by atoms with Crippen molar-refractivity contribution in [3.8, 4) is 0 Å². The molecule has 11 heteroatoms. The van der Waals surface area contributed by atoms with Crippen molar-refractivity contribution in [2.75, 3.05) is 6.54 Å². The maximum atomic E-state index is 12.5. The maximum Gasteiger partial charge on any atom is 0.305 e. The van der Waals surface area contributed by atoms with E-state index in [4.69, 9.17) is 11.5 Å². The molecule has 7 N–H and O–H groups in total. The van der Waals surface area contributed by atoms with Gasteiger partial charge in [0.25, 0.3) is 5.91 Å². The molecule has 0 aliphatic heterocycles. The first-order chi connectivity index (χ1) is 15.3. The minimum atomic E-state index is -1.07. The zero-order valence-corrected chi connectivity index (χ0v) is 20.1. The van der Waals surface area contributed by atoms with Gasteiger partial charge in [0, 0.05) is 10.7 Å². The number of rotatable bonds is 8. The number of hydrogen-bond acceptors (Lipinski definition) is 5. The minimum Gasteiger partial charge on any atom is -0.481 e. The topological polar surface area (TPSA) is 173 Å². The van der Waals surface area contributed by atoms with Crippen molar-refractivity contribution in [2.24, 2.45) is 16.5 Å². The van der Waals surface area contributed by atoms with Crippen molar-refractivity contribution in [1.82, 2.24) is 15.6 Å². The number of pyridine rings is 1. The van der Waals surface area contributed by atoms with Crippen molar-refractivity contribution in [3.05, 3.63) is 57.8 Å². The second-order valence-corrected chi connectivity index (χ2v) is 9.31. The fraction of sp³-hybridized carbons (Fsp3) is 0.318. The standard InChI is InChI=1S/C22H27BrN6O4/c1-22(2,3)14-4-12(5-15(23)7-14)17(8-19(31)32)29-18(30)11-27-20(33)13-6-16(10-26-9-13)28-21(24)25/h4-7,9-10,17H,8,11H2,1-3H3,(H,27,33)(H,29,30)(H,31,32)(H4,24,25,28)/t17-/m0/s1. The Labute approximate surface area is 200 Å². The molecule has 0 unspecified atom stereocenters. The van der Waals surface area contributed by atoms with Gasteiger partial charge in [-0.15, -0.1) is 0 Å². The predicted molar refractivity (Wildman–Crippen MR) is 128 cm³/mol. The zero-order chi connectivity index (χ0) is 24.8. The van der Waals surface area contributed by atoms with E-state index in [1.54, 1.807) is 6.07 Å². The number of carboxylic acid groups (broad SMARTS) is 1. The van der Waals surface area contributed by atoms with E-state index in [9.17, 15) is 19.5 Å². The van der Waals surface area contributed by atoms with Gasteiger partial charge in [-0.2, -0.15) is 0 Å². The Morgan fingerprint density at radius 2 is 1.85 bits per heavy atom. The first-order valence-corrected chi connectivity index (χ1v) is 10.8. The van der Waals surface area contributed by atoms with Gasteiger partial charge in [-0.3, -0.25) is 19.4 Å². The molecule has 0 saturated heterocycles. The van der Waals surface area contributed by atoms with E-state index >= 15 is 0 Å². The van der Waals surface area contributed by atoms with Crippen LogP contribution in [0.25, 0.3) is 0 Å². The number of aliphatic imine (C=N–C) groups is 1. The summed E-state index contributed by atoms with van der Waals surface area (Å²) in [6, 6.07) is 6.23. The summed E-state index contributed by atoms with van der Waals surface area (Å²) in [4.78, 5) is 44.0. The van der Waals surface area contributed by atoms with Gasteiger partial charge in [-0.25, -0.2) is 4.99 Å². The molecule has 1 atom stereocenters. The number of nitrogens with one attached hydrogen (secondary N) is 2. The molecule has 10 nitrogen and oxygen atoms in total. The molecule has 176 valence electrons. The smallest absolute Gasteiger partial charge is 0.305 e. The van der Waals surface area contributed by atoms with E-state index in [1.807, 2.05) is 32.9 Å². The van der Waals surface area contributed by atoms with E-state index < -0.39 is 23.8 Å². The number of benzene rings is 1. The molecular weight excluding hydrogens is 492 g/mol. The number of nitrogens with two attached hydrogens (primary N) is 2. The zero-order valence-electron chi connectivity index (χ0n) is 18.6. The molecule has 2 rings (SSSR count). The maximum absolute atomic E-state index is 12.5. The van der Waals surface area contributed by atoms with E-state index in [0.717, 1.165) is 10.0 Å². The highest BCUT2D eigenvalue weighted by atomic mass is 79.9. The van der Waals surface area contributed by atoms with Crippen LogP contribution < -0.4 is 22.1 Å². The van der Waals surface area contributed by atoms with Crippen molar-refractivity contribution in [2.45, 2.75) is 38.6 Å². The molecule has 0 aliphatic rings. The van der Waals surface area contributed by atoms with Crippen LogP contribution in [0.15, 0.2) is 46.1 Å². The van der Waals surface area contributed by atoms with Gasteiger partial charge in [0.15, 0.2) is 5.96 Å². The van der Waals surface area contributed by atoms with Crippen LogP contribution in [-0.4, -0.2) is 40.4 Å². The predicted octanol–water partition coefficient (Wildman–Crippen LogP) is 2.11. The van der Waals surface area contributed by atoms with E-state index in [2.05, 4.69) is 36.5 Å². The fourth-order valence-electron chi connectivity index (χ4n) is 2.94. The van der Waals surface area contributed by atoms with Gasteiger partial charge >= 0.3 is 5.97 Å². The van der Waals surface area contributed by atoms with E-state index in [1.165, 1.54) is 18.5 Å². The molecule has 33 heavy (non-hydrogen) atoms. The van der Waals surface area contributed by atoms with E-state index in [-0.39, 0.29) is 35.6 Å². The second-order valence-electron chi connectivity index (χ2n) is 8.39. The van der Waals surface area contributed by atoms with Gasteiger partial charge in [-0.05, 0) is 34.7 Å². The number of guanidine groups is 1. The highest BCUT2D eigenvalue weighted by Crippen LogP contribution is 2.30. The fourth-order valence-corrected chi connectivity index (χ4v) is 3.45. The molecule has 1 heterocycles. The summed E-state index contributed by atoms with van der Waals surface area (Å²) in [5, 5.41) is 14.5. The third-order valence-corrected chi connectivity index (χ3v) is 5.01. The van der Waals surface area contributed by atoms with Gasteiger partial charge in [-0.1, -0.05) is 42.8 Å². The largest absolute Gasteiger partial charge is 0.481 e. The minimum absolute atomic E-state index is 0.161. The Hall–Kier alpha value is -3.47. The molecule has 2 aromatic rings. The molecular formula is C22H27BrN6O4. The quantitative estimate of drug-likeness (QED) is 0.262. The summed E-state index contributed by atoms with van der Waals surface area (Å²) in [5.41, 5.74) is 12.5. The van der Waals surface area contributed by atoms with Crippen LogP contribution in [0.1, 0.15) is 54.7 Å². The summed E-state index contributed by atoms with van der Waals surface area (Å²) >= 11 is 3.45. The van der Waals surface area contributed by atoms with Crippen LogP contribution >= 0.6 is 15.9 Å². The van der Waals surface area contributed by atoms with Crippen molar-refractivity contribution < 1.29 is 19.5 Å². The average Bonchev–Trinajstić information content (AvgIpc) is 2.69. The number of halogens is 1. The average molecular weight is 519 g/mol. The highest BCUT2D eigenvalue weighted by molar-refractivity contribution is 9.10. The lowest BCUT2D eigenvalue weighted by molar-refractivity contribution is -0.137. The lowest BCUT2D eigenvalue weighted by atomic mass is 9.85. The van der Waals surface area contributed by atoms with Gasteiger partial charge in [0.2, 0.25) is 5.91 Å². The molecule has 0 spiro atoms. The van der Waals surface area contributed by atoms with Crippen LogP contribution in [0, 0.1) is 0 Å². The Morgan fingerprint density at radius 3 is 2.45 bits per heavy atom. The Kier molecular flexibility index (Phi) is 8.52. The molecule has 2 amide bonds. The van der Waals surface area contributed by atoms with Crippen LogP contribution in [0.5, 0.6) is 0 Å². The summed E-state index contributed by atoms with van der Waals surface area (Å²) in [6.45, 7) is 5.75.